The van der Waals surface area contributed by atoms with Gasteiger partial charge in [-0.3, -0.25) is 14.4 Å². The molecular weight excluding hydrogens is 376 g/mol. The number of carbonyl (C=O) groups is 3. The predicted octanol–water partition coefficient (Wildman–Crippen LogP) is 1.64. The first-order valence-corrected chi connectivity index (χ1v) is 8.87. The second kappa shape index (κ2) is 10.7. The molecule has 154 valence electrons. The molecule has 29 heavy (non-hydrogen) atoms. The summed E-state index contributed by atoms with van der Waals surface area (Å²) in [5, 5.41) is 2.45. The summed E-state index contributed by atoms with van der Waals surface area (Å²) < 4.78 is 15.1. The number of esters is 1. The molecule has 2 aromatic carbocycles. The number of carbonyl (C=O) groups excluding carboxylic acids is 3. The van der Waals surface area contributed by atoms with Crippen LogP contribution in [0.2, 0.25) is 0 Å². The number of nitrogens with one attached hydrogen (secondary N) is 1. The monoisotopic (exact) mass is 400 g/mol. The Morgan fingerprint density at radius 2 is 1.66 bits per heavy atom. The molecule has 0 saturated carbocycles. The zero-order chi connectivity index (χ0) is 21.2. The molecular formula is C21H24N2O6. The molecule has 2 aromatic rings. The first kappa shape index (κ1) is 21.7. The summed E-state index contributed by atoms with van der Waals surface area (Å²) in [7, 11) is 4.71. The number of benzene rings is 2. The minimum Gasteiger partial charge on any atom is -0.497 e. The number of nitrogens with zero attached hydrogens (tertiary/aromatic N) is 1. The minimum absolute atomic E-state index is 0.336. The Kier molecular flexibility index (Phi) is 8.02. The Bertz CT molecular complexity index is 851. The molecule has 0 atom stereocenters. The van der Waals surface area contributed by atoms with E-state index in [1.165, 1.54) is 12.0 Å². The first-order chi connectivity index (χ1) is 13.9. The van der Waals surface area contributed by atoms with E-state index >= 15 is 0 Å². The summed E-state index contributed by atoms with van der Waals surface area (Å²) in [4.78, 5) is 37.4. The van der Waals surface area contributed by atoms with Crippen LogP contribution in [-0.4, -0.2) is 57.1 Å². The van der Waals surface area contributed by atoms with Crippen molar-refractivity contribution >= 4 is 17.8 Å². The van der Waals surface area contributed by atoms with Crippen molar-refractivity contribution in [3.05, 3.63) is 59.7 Å². The van der Waals surface area contributed by atoms with Crippen molar-refractivity contribution in [3.63, 3.8) is 0 Å². The summed E-state index contributed by atoms with van der Waals surface area (Å²) in [6, 6.07) is 13.8. The number of ether oxygens (including phenoxy) is 3. The van der Waals surface area contributed by atoms with Gasteiger partial charge in [0.25, 0.3) is 11.8 Å². The summed E-state index contributed by atoms with van der Waals surface area (Å²) in [6.45, 7) is -0.392. The Hall–Kier alpha value is -3.55. The van der Waals surface area contributed by atoms with Gasteiger partial charge < -0.3 is 24.4 Å². The SMILES string of the molecule is COc1ccc(C(=O)NCC(=O)OCC(=O)N(C)Cc2cccc(OC)c2)cc1. The molecule has 8 nitrogen and oxygen atoms in total. The normalized spacial score (nSPS) is 10.0. The lowest BCUT2D eigenvalue weighted by Gasteiger charge is -2.17. The van der Waals surface area contributed by atoms with Crippen molar-refractivity contribution in [2.75, 3.05) is 34.4 Å². The first-order valence-electron chi connectivity index (χ1n) is 8.87. The van der Waals surface area contributed by atoms with E-state index in [0.717, 1.165) is 5.56 Å². The molecule has 0 spiro atoms. The lowest BCUT2D eigenvalue weighted by molar-refractivity contribution is -0.150. The van der Waals surface area contributed by atoms with Crippen LogP contribution in [0.3, 0.4) is 0 Å². The molecule has 0 heterocycles. The van der Waals surface area contributed by atoms with Crippen LogP contribution < -0.4 is 14.8 Å². The largest absolute Gasteiger partial charge is 0.497 e. The fraction of sp³-hybridized carbons (Fsp3) is 0.286. The number of hydrogen-bond acceptors (Lipinski definition) is 6. The summed E-state index contributed by atoms with van der Waals surface area (Å²) in [5.41, 5.74) is 1.27. The van der Waals surface area contributed by atoms with Gasteiger partial charge in [-0.2, -0.15) is 0 Å². The molecule has 1 N–H and O–H groups in total. The van der Waals surface area contributed by atoms with E-state index in [4.69, 9.17) is 14.2 Å². The highest BCUT2D eigenvalue weighted by molar-refractivity contribution is 5.96. The molecule has 0 aliphatic carbocycles. The van der Waals surface area contributed by atoms with Crippen LogP contribution in [0.5, 0.6) is 11.5 Å². The lowest BCUT2D eigenvalue weighted by Crippen LogP contribution is -2.34. The molecule has 0 aromatic heterocycles. The zero-order valence-electron chi connectivity index (χ0n) is 16.6. The Balaban J connectivity index is 1.74. The number of methoxy groups -OCH3 is 2. The smallest absolute Gasteiger partial charge is 0.325 e. The minimum atomic E-state index is -0.699. The van der Waals surface area contributed by atoms with E-state index in [0.29, 0.717) is 23.6 Å². The van der Waals surface area contributed by atoms with Crippen molar-refractivity contribution in [2.24, 2.45) is 0 Å². The van der Waals surface area contributed by atoms with E-state index in [9.17, 15) is 14.4 Å². The van der Waals surface area contributed by atoms with Gasteiger partial charge in [-0.05, 0) is 42.0 Å². The van der Waals surface area contributed by atoms with Crippen LogP contribution in [0.4, 0.5) is 0 Å². The summed E-state index contributed by atoms with van der Waals surface area (Å²) >= 11 is 0. The second-order valence-electron chi connectivity index (χ2n) is 6.17. The zero-order valence-corrected chi connectivity index (χ0v) is 16.6. The van der Waals surface area contributed by atoms with Crippen molar-refractivity contribution in [1.82, 2.24) is 10.2 Å². The number of amides is 2. The van der Waals surface area contributed by atoms with Crippen LogP contribution in [0.1, 0.15) is 15.9 Å². The fourth-order valence-corrected chi connectivity index (χ4v) is 2.43. The van der Waals surface area contributed by atoms with Gasteiger partial charge in [-0.15, -0.1) is 0 Å². The third kappa shape index (κ3) is 6.84. The molecule has 0 radical (unpaired) electrons. The molecule has 0 aliphatic heterocycles. The highest BCUT2D eigenvalue weighted by Crippen LogP contribution is 2.14. The van der Waals surface area contributed by atoms with Crippen molar-refractivity contribution in [2.45, 2.75) is 6.54 Å². The van der Waals surface area contributed by atoms with Gasteiger partial charge in [-0.25, -0.2) is 0 Å². The predicted molar refractivity (Wildman–Crippen MR) is 106 cm³/mol. The molecule has 0 saturated heterocycles. The van der Waals surface area contributed by atoms with Crippen LogP contribution in [0.25, 0.3) is 0 Å². The van der Waals surface area contributed by atoms with Crippen molar-refractivity contribution in [1.29, 1.82) is 0 Å². The number of hydrogen-bond donors (Lipinski definition) is 1. The van der Waals surface area contributed by atoms with Crippen molar-refractivity contribution in [3.8, 4) is 11.5 Å². The average Bonchev–Trinajstić information content (AvgIpc) is 2.75. The summed E-state index contributed by atoms with van der Waals surface area (Å²) in [5.74, 6) is -0.163. The maximum Gasteiger partial charge on any atom is 0.325 e. The molecule has 2 amide bonds. The highest BCUT2D eigenvalue weighted by atomic mass is 16.5. The van der Waals surface area contributed by atoms with E-state index in [1.807, 2.05) is 24.3 Å². The molecule has 2 rings (SSSR count). The number of rotatable bonds is 9. The molecule has 0 unspecified atom stereocenters. The maximum absolute atomic E-state index is 12.1. The van der Waals surface area contributed by atoms with E-state index in [2.05, 4.69) is 5.32 Å². The number of likely N-dealkylation sites (N-methyl/N-ethyl adjacent to an activating group) is 1. The van der Waals surface area contributed by atoms with Gasteiger partial charge in [0.2, 0.25) is 0 Å². The molecule has 8 heteroatoms. The van der Waals surface area contributed by atoms with Crippen molar-refractivity contribution < 1.29 is 28.6 Å². The third-order valence-corrected chi connectivity index (χ3v) is 4.08. The Labute approximate surface area is 169 Å². The van der Waals surface area contributed by atoms with Gasteiger partial charge >= 0.3 is 5.97 Å². The summed E-state index contributed by atoms with van der Waals surface area (Å²) in [6.07, 6.45) is 0. The fourth-order valence-electron chi connectivity index (χ4n) is 2.43. The van der Waals surface area contributed by atoms with E-state index in [1.54, 1.807) is 38.4 Å². The average molecular weight is 400 g/mol. The maximum atomic E-state index is 12.1. The van der Waals surface area contributed by atoms with Gasteiger partial charge in [0.05, 0.1) is 14.2 Å². The quantitative estimate of drug-likeness (QED) is 0.643. The van der Waals surface area contributed by atoms with E-state index < -0.39 is 18.5 Å². The molecule has 0 fully saturated rings. The highest BCUT2D eigenvalue weighted by Gasteiger charge is 2.14. The Morgan fingerprint density at radius 3 is 2.31 bits per heavy atom. The van der Waals surface area contributed by atoms with Gasteiger partial charge in [0, 0.05) is 19.2 Å². The molecule has 0 bridgehead atoms. The van der Waals surface area contributed by atoms with Crippen LogP contribution in [-0.2, 0) is 20.9 Å². The van der Waals surface area contributed by atoms with Gasteiger partial charge in [0.15, 0.2) is 6.61 Å². The standard InChI is InChI=1S/C21H24N2O6/c1-23(13-15-5-4-6-18(11-15)28-3)19(24)14-29-20(25)12-22-21(26)16-7-9-17(27-2)10-8-16/h4-11H,12-14H2,1-3H3,(H,22,26). The third-order valence-electron chi connectivity index (χ3n) is 4.08. The van der Waals surface area contributed by atoms with E-state index in [-0.39, 0.29) is 12.5 Å². The van der Waals surface area contributed by atoms with Crippen LogP contribution in [0, 0.1) is 0 Å². The van der Waals surface area contributed by atoms with Crippen LogP contribution >= 0.6 is 0 Å². The topological polar surface area (TPSA) is 94.2 Å². The lowest BCUT2D eigenvalue weighted by atomic mass is 10.2. The Morgan fingerprint density at radius 1 is 0.966 bits per heavy atom. The second-order valence-corrected chi connectivity index (χ2v) is 6.17. The van der Waals surface area contributed by atoms with Crippen LogP contribution in [0.15, 0.2) is 48.5 Å². The molecule has 0 aliphatic rings. The van der Waals surface area contributed by atoms with Gasteiger partial charge in [-0.1, -0.05) is 12.1 Å². The van der Waals surface area contributed by atoms with Gasteiger partial charge in [0.1, 0.15) is 18.0 Å².